The SMILES string of the molecule is CCCN(CC1CC1)c1nc(C)c(CNCC(C)C)s1. The molecule has 1 saturated carbocycles. The largest absolute Gasteiger partial charge is 0.348 e. The Balaban J connectivity index is 1.95. The molecular weight excluding hydrogens is 266 g/mol. The average molecular weight is 295 g/mol. The van der Waals surface area contributed by atoms with E-state index in [0.29, 0.717) is 5.92 Å². The fourth-order valence-corrected chi connectivity index (χ4v) is 3.40. The predicted octanol–water partition coefficient (Wildman–Crippen LogP) is 3.82. The van der Waals surface area contributed by atoms with Gasteiger partial charge in [0.2, 0.25) is 0 Å². The Kier molecular flexibility index (Phi) is 5.85. The van der Waals surface area contributed by atoms with Crippen LogP contribution in [0.25, 0.3) is 0 Å². The van der Waals surface area contributed by atoms with Gasteiger partial charge in [-0.2, -0.15) is 0 Å². The van der Waals surface area contributed by atoms with Crippen molar-refractivity contribution in [3.63, 3.8) is 0 Å². The van der Waals surface area contributed by atoms with Crippen molar-refractivity contribution in [2.75, 3.05) is 24.5 Å². The molecule has 1 aliphatic carbocycles. The summed E-state index contributed by atoms with van der Waals surface area (Å²) in [6.07, 6.45) is 4.02. The molecule has 1 heterocycles. The summed E-state index contributed by atoms with van der Waals surface area (Å²) in [4.78, 5) is 8.71. The molecule has 3 nitrogen and oxygen atoms in total. The zero-order chi connectivity index (χ0) is 14.5. The van der Waals surface area contributed by atoms with E-state index in [2.05, 4.69) is 37.9 Å². The second-order valence-electron chi connectivity index (χ2n) is 6.42. The minimum atomic E-state index is 0.703. The van der Waals surface area contributed by atoms with Gasteiger partial charge in [-0.15, -0.1) is 11.3 Å². The molecule has 20 heavy (non-hydrogen) atoms. The summed E-state index contributed by atoms with van der Waals surface area (Å²) in [6.45, 7) is 13.3. The molecule has 0 aromatic carbocycles. The van der Waals surface area contributed by atoms with Crippen molar-refractivity contribution < 1.29 is 0 Å². The zero-order valence-electron chi connectivity index (χ0n) is 13.4. The van der Waals surface area contributed by atoms with Crippen LogP contribution < -0.4 is 10.2 Å². The van der Waals surface area contributed by atoms with E-state index in [1.165, 1.54) is 41.5 Å². The minimum absolute atomic E-state index is 0.703. The van der Waals surface area contributed by atoms with Crippen molar-refractivity contribution in [3.8, 4) is 0 Å². The summed E-state index contributed by atoms with van der Waals surface area (Å²) in [5.41, 5.74) is 1.21. The number of aromatic nitrogens is 1. The normalized spacial score (nSPS) is 15.1. The highest BCUT2D eigenvalue weighted by Gasteiger charge is 2.25. The number of hydrogen-bond donors (Lipinski definition) is 1. The van der Waals surface area contributed by atoms with Crippen LogP contribution >= 0.6 is 11.3 Å². The molecule has 0 atom stereocenters. The van der Waals surface area contributed by atoms with Crippen LogP contribution in [0, 0.1) is 18.8 Å². The fourth-order valence-electron chi connectivity index (χ4n) is 2.33. The van der Waals surface area contributed by atoms with Crippen LogP contribution in [0.4, 0.5) is 5.13 Å². The predicted molar refractivity (Wildman–Crippen MR) is 88.6 cm³/mol. The van der Waals surface area contributed by atoms with Gasteiger partial charge in [0.1, 0.15) is 0 Å². The highest BCUT2D eigenvalue weighted by Crippen LogP contribution is 2.33. The van der Waals surface area contributed by atoms with Gasteiger partial charge < -0.3 is 10.2 Å². The lowest BCUT2D eigenvalue weighted by Crippen LogP contribution is -2.26. The van der Waals surface area contributed by atoms with Crippen molar-refractivity contribution in [2.24, 2.45) is 11.8 Å². The summed E-state index contributed by atoms with van der Waals surface area (Å²) in [6, 6.07) is 0. The Morgan fingerprint density at radius 2 is 2.15 bits per heavy atom. The Hall–Kier alpha value is -0.610. The summed E-state index contributed by atoms with van der Waals surface area (Å²) < 4.78 is 0. The Bertz CT molecular complexity index is 410. The molecule has 4 heteroatoms. The highest BCUT2D eigenvalue weighted by atomic mass is 32.1. The van der Waals surface area contributed by atoms with E-state index in [9.17, 15) is 0 Å². The van der Waals surface area contributed by atoms with Gasteiger partial charge in [-0.05, 0) is 44.6 Å². The lowest BCUT2D eigenvalue weighted by molar-refractivity contribution is 0.554. The van der Waals surface area contributed by atoms with Gasteiger partial charge in [0, 0.05) is 24.5 Å². The topological polar surface area (TPSA) is 28.2 Å². The van der Waals surface area contributed by atoms with E-state index in [4.69, 9.17) is 4.98 Å². The molecule has 0 radical (unpaired) electrons. The maximum atomic E-state index is 4.81. The van der Waals surface area contributed by atoms with E-state index in [1.54, 1.807) is 0 Å². The van der Waals surface area contributed by atoms with E-state index < -0.39 is 0 Å². The van der Waals surface area contributed by atoms with Crippen molar-refractivity contribution in [1.82, 2.24) is 10.3 Å². The quantitative estimate of drug-likeness (QED) is 0.750. The lowest BCUT2D eigenvalue weighted by atomic mass is 10.2. The molecule has 1 N–H and O–H groups in total. The zero-order valence-corrected chi connectivity index (χ0v) is 14.2. The second kappa shape index (κ2) is 7.41. The third kappa shape index (κ3) is 4.74. The monoisotopic (exact) mass is 295 g/mol. The van der Waals surface area contributed by atoms with Gasteiger partial charge in [0.05, 0.1) is 5.69 Å². The molecule has 1 aromatic heterocycles. The Morgan fingerprint density at radius 3 is 2.75 bits per heavy atom. The van der Waals surface area contributed by atoms with Crippen molar-refractivity contribution in [2.45, 2.75) is 53.5 Å². The molecule has 114 valence electrons. The molecule has 1 aliphatic rings. The van der Waals surface area contributed by atoms with Crippen LogP contribution in [-0.2, 0) is 6.54 Å². The summed E-state index contributed by atoms with van der Waals surface area (Å²) in [5.74, 6) is 1.63. The molecule has 0 bridgehead atoms. The van der Waals surface area contributed by atoms with E-state index in [0.717, 1.165) is 25.6 Å². The molecular formula is C16H29N3S. The van der Waals surface area contributed by atoms with Crippen LogP contribution in [0.2, 0.25) is 0 Å². The average Bonchev–Trinajstić information content (AvgIpc) is 3.12. The number of nitrogens with one attached hydrogen (secondary N) is 1. The third-order valence-corrected chi connectivity index (χ3v) is 4.88. The van der Waals surface area contributed by atoms with Crippen molar-refractivity contribution in [3.05, 3.63) is 10.6 Å². The van der Waals surface area contributed by atoms with Crippen molar-refractivity contribution >= 4 is 16.5 Å². The number of rotatable bonds is 9. The molecule has 0 saturated heterocycles. The van der Waals surface area contributed by atoms with E-state index in [1.807, 2.05) is 11.3 Å². The standard InChI is InChI=1S/C16H29N3S/c1-5-8-19(11-14-6-7-14)16-18-13(4)15(20-16)10-17-9-12(2)3/h12,14,17H,5-11H2,1-4H3. The van der Waals surface area contributed by atoms with Gasteiger partial charge in [0.15, 0.2) is 5.13 Å². The second-order valence-corrected chi connectivity index (χ2v) is 7.48. The summed E-state index contributed by atoms with van der Waals surface area (Å²) in [5, 5.41) is 4.77. The van der Waals surface area contributed by atoms with Gasteiger partial charge >= 0.3 is 0 Å². The fraction of sp³-hybridized carbons (Fsp3) is 0.812. The van der Waals surface area contributed by atoms with Crippen LogP contribution in [0.15, 0.2) is 0 Å². The lowest BCUT2D eigenvalue weighted by Gasteiger charge is -2.20. The smallest absolute Gasteiger partial charge is 0.185 e. The first-order valence-corrected chi connectivity index (χ1v) is 8.83. The van der Waals surface area contributed by atoms with E-state index in [-0.39, 0.29) is 0 Å². The Morgan fingerprint density at radius 1 is 1.40 bits per heavy atom. The van der Waals surface area contributed by atoms with Crippen LogP contribution in [0.5, 0.6) is 0 Å². The van der Waals surface area contributed by atoms with Crippen LogP contribution in [0.1, 0.15) is 50.6 Å². The maximum absolute atomic E-state index is 4.81. The molecule has 2 rings (SSSR count). The number of hydrogen-bond acceptors (Lipinski definition) is 4. The van der Waals surface area contributed by atoms with Crippen LogP contribution in [-0.4, -0.2) is 24.6 Å². The minimum Gasteiger partial charge on any atom is -0.348 e. The molecule has 0 aliphatic heterocycles. The number of nitrogens with zero attached hydrogens (tertiary/aromatic N) is 2. The summed E-state index contributed by atoms with van der Waals surface area (Å²) >= 11 is 1.88. The number of thiazole rings is 1. The van der Waals surface area contributed by atoms with Crippen LogP contribution in [0.3, 0.4) is 0 Å². The summed E-state index contributed by atoms with van der Waals surface area (Å²) in [7, 11) is 0. The molecule has 1 aromatic rings. The molecule has 0 amide bonds. The van der Waals surface area contributed by atoms with Gasteiger partial charge in [-0.3, -0.25) is 0 Å². The molecule has 1 fully saturated rings. The number of anilines is 1. The van der Waals surface area contributed by atoms with Crippen molar-refractivity contribution in [1.29, 1.82) is 0 Å². The molecule has 0 spiro atoms. The van der Waals surface area contributed by atoms with Gasteiger partial charge in [-0.1, -0.05) is 20.8 Å². The maximum Gasteiger partial charge on any atom is 0.185 e. The van der Waals surface area contributed by atoms with Gasteiger partial charge in [-0.25, -0.2) is 4.98 Å². The third-order valence-electron chi connectivity index (χ3n) is 3.66. The number of aryl methyl sites for hydroxylation is 1. The highest BCUT2D eigenvalue weighted by molar-refractivity contribution is 7.15. The Labute approximate surface area is 127 Å². The van der Waals surface area contributed by atoms with Gasteiger partial charge in [0.25, 0.3) is 0 Å². The molecule has 0 unspecified atom stereocenters. The first kappa shape index (κ1) is 15.8. The first-order valence-electron chi connectivity index (χ1n) is 8.02. The van der Waals surface area contributed by atoms with E-state index >= 15 is 0 Å². The first-order chi connectivity index (χ1) is 9.60.